The second-order valence-electron chi connectivity index (χ2n) is 4.99. The van der Waals surface area contributed by atoms with Gasteiger partial charge in [0.25, 0.3) is 0 Å². The van der Waals surface area contributed by atoms with Crippen LogP contribution in [0.3, 0.4) is 0 Å². The maximum absolute atomic E-state index is 11.4. The van der Waals surface area contributed by atoms with Crippen molar-refractivity contribution in [3.8, 4) is 0 Å². The van der Waals surface area contributed by atoms with Crippen LogP contribution in [-0.4, -0.2) is 51.9 Å². The maximum atomic E-state index is 11.4. The summed E-state index contributed by atoms with van der Waals surface area (Å²) in [6.45, 7) is 7.66. The molecule has 1 aliphatic rings. The molecule has 19 heavy (non-hydrogen) atoms. The largest absolute Gasteiger partial charge is 0.384 e. The molecule has 2 rings (SSSR count). The van der Waals surface area contributed by atoms with Crippen LogP contribution in [0.5, 0.6) is 0 Å². The fourth-order valence-corrected chi connectivity index (χ4v) is 2.37. The summed E-state index contributed by atoms with van der Waals surface area (Å²) >= 11 is 0. The van der Waals surface area contributed by atoms with Crippen molar-refractivity contribution in [2.75, 3.05) is 31.9 Å². The Hall–Kier alpha value is -1.69. The first-order chi connectivity index (χ1) is 9.04. The standard InChI is InChI=1S/C13H21N5O/c1-10-8-12(14)16-13(15-10)9-17-4-3-5-18(7-6-17)11(2)19/h8H,3-7,9H2,1-2H3,(H2,14,15,16). The first kappa shape index (κ1) is 13.7. The Morgan fingerprint density at radius 2 is 2.11 bits per heavy atom. The highest BCUT2D eigenvalue weighted by Gasteiger charge is 2.17. The molecule has 0 saturated carbocycles. The average Bonchev–Trinajstić information content (AvgIpc) is 2.53. The third-order valence-corrected chi connectivity index (χ3v) is 3.32. The van der Waals surface area contributed by atoms with E-state index in [1.165, 1.54) is 0 Å². The van der Waals surface area contributed by atoms with E-state index < -0.39 is 0 Å². The highest BCUT2D eigenvalue weighted by Crippen LogP contribution is 2.08. The zero-order chi connectivity index (χ0) is 13.8. The van der Waals surface area contributed by atoms with E-state index in [1.54, 1.807) is 13.0 Å². The molecule has 104 valence electrons. The van der Waals surface area contributed by atoms with Gasteiger partial charge in [-0.25, -0.2) is 9.97 Å². The molecule has 0 aromatic carbocycles. The summed E-state index contributed by atoms with van der Waals surface area (Å²) in [5.41, 5.74) is 6.63. The van der Waals surface area contributed by atoms with Crippen molar-refractivity contribution in [1.29, 1.82) is 0 Å². The van der Waals surface area contributed by atoms with E-state index in [1.807, 2.05) is 11.8 Å². The van der Waals surface area contributed by atoms with E-state index in [0.717, 1.165) is 44.1 Å². The zero-order valence-corrected chi connectivity index (χ0v) is 11.6. The van der Waals surface area contributed by atoms with Crippen molar-refractivity contribution in [3.05, 3.63) is 17.6 Å². The number of carbonyl (C=O) groups excluding carboxylic acids is 1. The van der Waals surface area contributed by atoms with Crippen molar-refractivity contribution < 1.29 is 4.79 Å². The highest BCUT2D eigenvalue weighted by molar-refractivity contribution is 5.73. The minimum absolute atomic E-state index is 0.151. The summed E-state index contributed by atoms with van der Waals surface area (Å²) in [5.74, 6) is 1.43. The molecular formula is C13H21N5O. The van der Waals surface area contributed by atoms with Gasteiger partial charge in [0.05, 0.1) is 6.54 Å². The molecule has 1 saturated heterocycles. The van der Waals surface area contributed by atoms with Crippen molar-refractivity contribution >= 4 is 11.7 Å². The SMILES string of the molecule is CC(=O)N1CCCN(Cc2nc(C)cc(N)n2)CC1. The number of nitrogen functional groups attached to an aromatic ring is 1. The number of anilines is 1. The number of nitrogens with zero attached hydrogens (tertiary/aromatic N) is 4. The van der Waals surface area contributed by atoms with Gasteiger partial charge in [-0.05, 0) is 13.3 Å². The van der Waals surface area contributed by atoms with Gasteiger partial charge >= 0.3 is 0 Å². The van der Waals surface area contributed by atoms with Gasteiger partial charge in [0, 0.05) is 44.9 Å². The Bertz CT molecular complexity index is 442. The van der Waals surface area contributed by atoms with Gasteiger partial charge < -0.3 is 10.6 Å². The van der Waals surface area contributed by atoms with Crippen LogP contribution >= 0.6 is 0 Å². The molecule has 0 spiro atoms. The Kier molecular flexibility index (Phi) is 4.31. The van der Waals surface area contributed by atoms with Gasteiger partial charge in [-0.3, -0.25) is 9.69 Å². The Labute approximate surface area is 113 Å². The van der Waals surface area contributed by atoms with Crippen molar-refractivity contribution in [2.45, 2.75) is 26.8 Å². The minimum Gasteiger partial charge on any atom is -0.384 e. The predicted octanol–water partition coefficient (Wildman–Crippen LogP) is 0.421. The fraction of sp³-hybridized carbons (Fsp3) is 0.615. The van der Waals surface area contributed by atoms with E-state index in [9.17, 15) is 4.79 Å². The highest BCUT2D eigenvalue weighted by atomic mass is 16.2. The third-order valence-electron chi connectivity index (χ3n) is 3.32. The average molecular weight is 263 g/mol. The van der Waals surface area contributed by atoms with Gasteiger partial charge in [0.15, 0.2) is 0 Å². The van der Waals surface area contributed by atoms with Crippen LogP contribution in [0.4, 0.5) is 5.82 Å². The van der Waals surface area contributed by atoms with Crippen LogP contribution in [0.1, 0.15) is 24.9 Å². The molecule has 1 aromatic heterocycles. The number of nitrogens with two attached hydrogens (primary N) is 1. The molecular weight excluding hydrogens is 242 g/mol. The van der Waals surface area contributed by atoms with E-state index >= 15 is 0 Å². The first-order valence-electron chi connectivity index (χ1n) is 6.62. The summed E-state index contributed by atoms with van der Waals surface area (Å²) in [6.07, 6.45) is 0.987. The molecule has 0 atom stereocenters. The number of rotatable bonds is 2. The van der Waals surface area contributed by atoms with E-state index in [2.05, 4.69) is 14.9 Å². The Morgan fingerprint density at radius 3 is 2.79 bits per heavy atom. The Balaban J connectivity index is 1.97. The van der Waals surface area contributed by atoms with Crippen molar-refractivity contribution in [2.24, 2.45) is 0 Å². The van der Waals surface area contributed by atoms with Crippen LogP contribution < -0.4 is 5.73 Å². The normalized spacial score (nSPS) is 17.3. The molecule has 1 aliphatic heterocycles. The van der Waals surface area contributed by atoms with Crippen molar-refractivity contribution in [1.82, 2.24) is 19.8 Å². The number of aryl methyl sites for hydroxylation is 1. The molecule has 1 fully saturated rings. The molecule has 0 aliphatic carbocycles. The lowest BCUT2D eigenvalue weighted by molar-refractivity contribution is -0.128. The quantitative estimate of drug-likeness (QED) is 0.837. The van der Waals surface area contributed by atoms with Crippen LogP contribution in [0.2, 0.25) is 0 Å². The number of hydrogen-bond donors (Lipinski definition) is 1. The first-order valence-corrected chi connectivity index (χ1v) is 6.62. The maximum Gasteiger partial charge on any atom is 0.219 e. The lowest BCUT2D eigenvalue weighted by Crippen LogP contribution is -2.33. The van der Waals surface area contributed by atoms with Crippen LogP contribution in [0, 0.1) is 6.92 Å². The monoisotopic (exact) mass is 263 g/mol. The summed E-state index contributed by atoms with van der Waals surface area (Å²) in [7, 11) is 0. The smallest absolute Gasteiger partial charge is 0.219 e. The summed E-state index contributed by atoms with van der Waals surface area (Å²) in [4.78, 5) is 24.2. The number of hydrogen-bond acceptors (Lipinski definition) is 5. The topological polar surface area (TPSA) is 75.4 Å². The summed E-state index contributed by atoms with van der Waals surface area (Å²) in [6, 6.07) is 1.77. The Morgan fingerprint density at radius 1 is 1.32 bits per heavy atom. The van der Waals surface area contributed by atoms with Gasteiger partial charge in [-0.15, -0.1) is 0 Å². The number of carbonyl (C=O) groups is 1. The second-order valence-corrected chi connectivity index (χ2v) is 4.99. The minimum atomic E-state index is 0.151. The lowest BCUT2D eigenvalue weighted by atomic mass is 10.3. The second kappa shape index (κ2) is 5.97. The molecule has 1 amide bonds. The van der Waals surface area contributed by atoms with Gasteiger partial charge in [-0.2, -0.15) is 0 Å². The predicted molar refractivity (Wildman–Crippen MR) is 73.3 cm³/mol. The lowest BCUT2D eigenvalue weighted by Gasteiger charge is -2.20. The van der Waals surface area contributed by atoms with Gasteiger partial charge in [-0.1, -0.05) is 0 Å². The molecule has 6 heteroatoms. The van der Waals surface area contributed by atoms with Crippen LogP contribution in [0.25, 0.3) is 0 Å². The van der Waals surface area contributed by atoms with E-state index in [0.29, 0.717) is 12.4 Å². The molecule has 0 radical (unpaired) electrons. The third kappa shape index (κ3) is 3.89. The van der Waals surface area contributed by atoms with Crippen molar-refractivity contribution in [3.63, 3.8) is 0 Å². The van der Waals surface area contributed by atoms with Gasteiger partial charge in [0.2, 0.25) is 5.91 Å². The van der Waals surface area contributed by atoms with Crippen LogP contribution in [-0.2, 0) is 11.3 Å². The van der Waals surface area contributed by atoms with Gasteiger partial charge in [0.1, 0.15) is 11.6 Å². The molecule has 2 heterocycles. The number of aromatic nitrogens is 2. The van der Waals surface area contributed by atoms with E-state index in [-0.39, 0.29) is 5.91 Å². The zero-order valence-electron chi connectivity index (χ0n) is 11.6. The molecule has 1 aromatic rings. The molecule has 2 N–H and O–H groups in total. The summed E-state index contributed by atoms with van der Waals surface area (Å²) in [5, 5.41) is 0. The van der Waals surface area contributed by atoms with E-state index in [4.69, 9.17) is 5.73 Å². The summed E-state index contributed by atoms with van der Waals surface area (Å²) < 4.78 is 0. The fourth-order valence-electron chi connectivity index (χ4n) is 2.37. The molecule has 0 bridgehead atoms. The van der Waals surface area contributed by atoms with Crippen LogP contribution in [0.15, 0.2) is 6.07 Å². The molecule has 0 unspecified atom stereocenters. The number of amides is 1. The molecule has 6 nitrogen and oxygen atoms in total.